The number of sulfonamides is 2. The maximum atomic E-state index is 12.9. The lowest BCUT2D eigenvalue weighted by molar-refractivity contribution is 0.420. The van der Waals surface area contributed by atoms with Gasteiger partial charge in [0.05, 0.1) is 33.8 Å². The van der Waals surface area contributed by atoms with Crippen LogP contribution in [0.2, 0.25) is 4.34 Å². The first-order chi connectivity index (χ1) is 15.6. The summed E-state index contributed by atoms with van der Waals surface area (Å²) in [7, 11) is -4.72. The molecular formula is C20H19ClN4O5S3. The van der Waals surface area contributed by atoms with Crippen molar-refractivity contribution in [3.8, 4) is 5.75 Å². The van der Waals surface area contributed by atoms with Gasteiger partial charge in [-0.1, -0.05) is 29.8 Å². The van der Waals surface area contributed by atoms with Gasteiger partial charge >= 0.3 is 0 Å². The Hall–Kier alpha value is -2.64. The fourth-order valence-electron chi connectivity index (χ4n) is 3.28. The Labute approximate surface area is 200 Å². The summed E-state index contributed by atoms with van der Waals surface area (Å²) < 4.78 is 62.3. The Morgan fingerprint density at radius 1 is 1.06 bits per heavy atom. The Morgan fingerprint density at radius 3 is 2.48 bits per heavy atom. The summed E-state index contributed by atoms with van der Waals surface area (Å²) in [6, 6.07) is 14.6. The second kappa shape index (κ2) is 8.95. The first kappa shape index (κ1) is 23.5. The number of anilines is 1. The zero-order chi connectivity index (χ0) is 23.8. The monoisotopic (exact) mass is 526 g/mol. The van der Waals surface area contributed by atoms with Gasteiger partial charge in [-0.25, -0.2) is 21.6 Å². The SMILES string of the molecule is CNS(=O)(=O)c1cccc(Cn2nc(NS(=O)(=O)c3ccc(Cl)s3)c3c(OC)cccc32)c1. The molecule has 2 aromatic heterocycles. The van der Waals surface area contributed by atoms with Crippen molar-refractivity contribution in [2.75, 3.05) is 18.9 Å². The highest BCUT2D eigenvalue weighted by Gasteiger charge is 2.23. The third kappa shape index (κ3) is 4.70. The average Bonchev–Trinajstić information content (AvgIpc) is 3.38. The van der Waals surface area contributed by atoms with Gasteiger partial charge in [-0.15, -0.1) is 11.3 Å². The van der Waals surface area contributed by atoms with Gasteiger partial charge in [0.25, 0.3) is 10.0 Å². The standard InChI is InChI=1S/C20H19ClN4O5S3/c1-22-32(26,27)14-6-3-5-13(11-14)12-25-15-7-4-8-16(30-2)19(15)20(23-25)24-33(28,29)18-10-9-17(21)31-18/h3-11,22H,12H2,1-2H3,(H,23,24). The largest absolute Gasteiger partial charge is 0.496 e. The summed E-state index contributed by atoms with van der Waals surface area (Å²) in [6.45, 7) is 0.198. The first-order valence-electron chi connectivity index (χ1n) is 9.49. The molecule has 4 aromatic rings. The van der Waals surface area contributed by atoms with Gasteiger partial charge in [0.2, 0.25) is 10.0 Å². The van der Waals surface area contributed by atoms with Crippen LogP contribution in [0.25, 0.3) is 10.9 Å². The number of hydrogen-bond acceptors (Lipinski definition) is 7. The molecule has 13 heteroatoms. The van der Waals surface area contributed by atoms with Crippen LogP contribution >= 0.6 is 22.9 Å². The lowest BCUT2D eigenvalue weighted by Crippen LogP contribution is -2.18. The average molecular weight is 527 g/mol. The van der Waals surface area contributed by atoms with Crippen LogP contribution in [0.3, 0.4) is 0 Å². The number of thiophene rings is 1. The van der Waals surface area contributed by atoms with Gasteiger partial charge in [-0.05, 0) is 49.0 Å². The minimum Gasteiger partial charge on any atom is -0.496 e. The molecule has 9 nitrogen and oxygen atoms in total. The summed E-state index contributed by atoms with van der Waals surface area (Å²) >= 11 is 6.83. The maximum Gasteiger partial charge on any atom is 0.272 e. The molecule has 2 N–H and O–H groups in total. The molecule has 0 atom stereocenters. The summed E-state index contributed by atoms with van der Waals surface area (Å²) in [4.78, 5) is 0.118. The number of rotatable bonds is 8. The molecule has 0 fully saturated rings. The normalized spacial score (nSPS) is 12.2. The molecule has 2 aromatic carbocycles. The Balaban J connectivity index is 1.79. The number of hydrogen-bond donors (Lipinski definition) is 2. The fraction of sp³-hybridized carbons (Fsp3) is 0.150. The lowest BCUT2D eigenvalue weighted by atomic mass is 10.2. The molecule has 0 amide bonds. The molecule has 0 aliphatic rings. The van der Waals surface area contributed by atoms with Crippen LogP contribution in [-0.4, -0.2) is 40.8 Å². The molecule has 0 aliphatic carbocycles. The van der Waals surface area contributed by atoms with E-state index in [1.54, 1.807) is 35.0 Å². The highest BCUT2D eigenvalue weighted by molar-refractivity contribution is 7.94. The van der Waals surface area contributed by atoms with Gasteiger partial charge in [0.1, 0.15) is 9.96 Å². The van der Waals surface area contributed by atoms with Crippen molar-refractivity contribution in [2.45, 2.75) is 15.6 Å². The molecular weight excluding hydrogens is 508 g/mol. The smallest absolute Gasteiger partial charge is 0.272 e. The molecule has 33 heavy (non-hydrogen) atoms. The van der Waals surface area contributed by atoms with Crippen LogP contribution in [0, 0.1) is 0 Å². The van der Waals surface area contributed by atoms with Gasteiger partial charge in [0.15, 0.2) is 5.82 Å². The Morgan fingerprint density at radius 2 is 1.82 bits per heavy atom. The number of fused-ring (bicyclic) bond motifs is 1. The van der Waals surface area contributed by atoms with E-state index in [4.69, 9.17) is 16.3 Å². The molecule has 0 saturated carbocycles. The maximum absolute atomic E-state index is 12.9. The van der Waals surface area contributed by atoms with Crippen molar-refractivity contribution in [1.29, 1.82) is 0 Å². The van der Waals surface area contributed by atoms with Crippen molar-refractivity contribution < 1.29 is 21.6 Å². The number of ether oxygens (including phenoxy) is 1. The molecule has 0 bridgehead atoms. The molecule has 0 unspecified atom stereocenters. The zero-order valence-electron chi connectivity index (χ0n) is 17.4. The van der Waals surface area contributed by atoms with Crippen LogP contribution in [-0.2, 0) is 26.6 Å². The first-order valence-corrected chi connectivity index (χ1v) is 13.6. The third-order valence-electron chi connectivity index (χ3n) is 4.81. The van der Waals surface area contributed by atoms with E-state index < -0.39 is 20.0 Å². The van der Waals surface area contributed by atoms with Gasteiger partial charge in [-0.3, -0.25) is 9.40 Å². The van der Waals surface area contributed by atoms with Crippen molar-refractivity contribution >= 4 is 59.7 Å². The summed E-state index contributed by atoms with van der Waals surface area (Å²) in [6.07, 6.45) is 0. The molecule has 0 spiro atoms. The predicted octanol–water partition coefficient (Wildman–Crippen LogP) is 3.52. The van der Waals surface area contributed by atoms with Crippen LogP contribution in [0.4, 0.5) is 5.82 Å². The number of nitrogens with zero attached hydrogens (tertiary/aromatic N) is 2. The van der Waals surface area contributed by atoms with E-state index in [0.29, 0.717) is 26.6 Å². The summed E-state index contributed by atoms with van der Waals surface area (Å²) in [5.41, 5.74) is 1.27. The second-order valence-corrected chi connectivity index (χ2v) is 12.4. The van der Waals surface area contributed by atoms with Crippen LogP contribution in [0.15, 0.2) is 63.7 Å². The highest BCUT2D eigenvalue weighted by Crippen LogP contribution is 2.35. The van der Waals surface area contributed by atoms with Gasteiger partial charge in [0, 0.05) is 0 Å². The molecule has 0 radical (unpaired) electrons. The van der Waals surface area contributed by atoms with E-state index in [2.05, 4.69) is 14.5 Å². The van der Waals surface area contributed by atoms with Crippen molar-refractivity contribution in [3.05, 3.63) is 64.5 Å². The molecule has 2 heterocycles. The molecule has 0 saturated heterocycles. The fourth-order valence-corrected chi connectivity index (χ4v) is 6.57. The van der Waals surface area contributed by atoms with Crippen molar-refractivity contribution in [2.24, 2.45) is 0 Å². The summed E-state index contributed by atoms with van der Waals surface area (Å²) in [5, 5.41) is 4.95. The minimum atomic E-state index is -3.93. The van der Waals surface area contributed by atoms with E-state index >= 15 is 0 Å². The quantitative estimate of drug-likeness (QED) is 0.362. The molecule has 4 rings (SSSR count). The van der Waals surface area contributed by atoms with Crippen LogP contribution in [0.1, 0.15) is 5.56 Å². The molecule has 0 aliphatic heterocycles. The number of nitrogens with one attached hydrogen (secondary N) is 2. The van der Waals surface area contributed by atoms with E-state index in [-0.39, 0.29) is 21.5 Å². The van der Waals surface area contributed by atoms with E-state index in [1.807, 2.05) is 0 Å². The topological polar surface area (TPSA) is 119 Å². The Bertz CT molecular complexity index is 1540. The van der Waals surface area contributed by atoms with E-state index in [1.165, 1.54) is 38.4 Å². The van der Waals surface area contributed by atoms with Crippen LogP contribution in [0.5, 0.6) is 5.75 Å². The minimum absolute atomic E-state index is 0.0510. The number of aromatic nitrogens is 2. The number of benzene rings is 2. The number of methoxy groups -OCH3 is 1. The van der Waals surface area contributed by atoms with Gasteiger partial charge < -0.3 is 4.74 Å². The number of halogens is 1. The third-order valence-corrected chi connectivity index (χ3v) is 9.29. The summed E-state index contributed by atoms with van der Waals surface area (Å²) in [5.74, 6) is 0.526. The molecule has 174 valence electrons. The zero-order valence-corrected chi connectivity index (χ0v) is 20.6. The highest BCUT2D eigenvalue weighted by atomic mass is 35.5. The van der Waals surface area contributed by atoms with Crippen molar-refractivity contribution in [3.63, 3.8) is 0 Å². The Kier molecular flexibility index (Phi) is 6.38. The van der Waals surface area contributed by atoms with E-state index in [0.717, 1.165) is 11.3 Å². The van der Waals surface area contributed by atoms with Crippen LogP contribution < -0.4 is 14.2 Å². The second-order valence-electron chi connectivity index (χ2n) is 6.88. The van der Waals surface area contributed by atoms with Gasteiger partial charge in [-0.2, -0.15) is 5.10 Å². The van der Waals surface area contributed by atoms with E-state index in [9.17, 15) is 16.8 Å². The van der Waals surface area contributed by atoms with Crippen molar-refractivity contribution in [1.82, 2.24) is 14.5 Å². The lowest BCUT2D eigenvalue weighted by Gasteiger charge is -2.07. The predicted molar refractivity (Wildman–Crippen MR) is 128 cm³/mol.